The van der Waals surface area contributed by atoms with Crippen molar-refractivity contribution in [2.45, 2.75) is 19.1 Å². The highest BCUT2D eigenvalue weighted by Crippen LogP contribution is 2.31. The third kappa shape index (κ3) is 4.05. The third-order valence-corrected chi connectivity index (χ3v) is 4.89. The fraction of sp³-hybridized carbons (Fsp3) is 0.190. The van der Waals surface area contributed by atoms with E-state index >= 15 is 0 Å². The first kappa shape index (κ1) is 19.7. The number of aromatic nitrogens is 2. The zero-order valence-electron chi connectivity index (χ0n) is 15.8. The summed E-state index contributed by atoms with van der Waals surface area (Å²) in [5.41, 5.74) is 8.79. The van der Waals surface area contributed by atoms with Gasteiger partial charge in [0, 0.05) is 30.7 Å². The molecule has 2 aromatic heterocycles. The molecule has 0 aliphatic carbocycles. The van der Waals surface area contributed by atoms with Crippen molar-refractivity contribution in [3.63, 3.8) is 0 Å². The van der Waals surface area contributed by atoms with Gasteiger partial charge in [0.1, 0.15) is 11.4 Å². The van der Waals surface area contributed by atoms with E-state index in [1.54, 1.807) is 17.0 Å². The molecule has 154 valence electrons. The van der Waals surface area contributed by atoms with Gasteiger partial charge in [-0.1, -0.05) is 12.1 Å². The zero-order chi connectivity index (χ0) is 21.3. The Bertz CT molecular complexity index is 1080. The van der Waals surface area contributed by atoms with Gasteiger partial charge in [-0.05, 0) is 47.9 Å². The molecule has 0 radical (unpaired) electrons. The van der Waals surface area contributed by atoms with Gasteiger partial charge in [-0.15, -0.1) is 0 Å². The second kappa shape index (κ2) is 7.66. The van der Waals surface area contributed by atoms with Gasteiger partial charge in [0.25, 0.3) is 5.91 Å². The number of nitrogens with zero attached hydrogens (tertiary/aromatic N) is 3. The summed E-state index contributed by atoms with van der Waals surface area (Å²) >= 11 is 0. The fourth-order valence-corrected chi connectivity index (χ4v) is 3.42. The molecule has 0 atom stereocenters. The summed E-state index contributed by atoms with van der Waals surface area (Å²) in [4.78, 5) is 22.0. The van der Waals surface area contributed by atoms with Crippen LogP contribution in [0.2, 0.25) is 0 Å². The van der Waals surface area contributed by atoms with Gasteiger partial charge in [0.2, 0.25) is 0 Å². The molecule has 1 aliphatic heterocycles. The number of carbonyl (C=O) groups is 1. The molecule has 4 rings (SSSR count). The van der Waals surface area contributed by atoms with Gasteiger partial charge in [0.05, 0.1) is 11.9 Å². The van der Waals surface area contributed by atoms with E-state index in [9.17, 15) is 18.0 Å². The summed E-state index contributed by atoms with van der Waals surface area (Å²) in [5.74, 6) is -0.196. The fourth-order valence-electron chi connectivity index (χ4n) is 3.42. The second-order valence-electron chi connectivity index (χ2n) is 6.95. The van der Waals surface area contributed by atoms with Crippen molar-refractivity contribution in [3.8, 4) is 0 Å². The minimum absolute atomic E-state index is 0.196. The van der Waals surface area contributed by atoms with E-state index in [0.29, 0.717) is 36.6 Å². The standard InChI is InChI=1S/C21H18F3N5O/c22-21(23,24)19-5-4-15(11-27-19)28-17-3-1-2-13-12-29(9-7-16(13)17)20(30)18-10-14(25)6-8-26-18/h1-6,8,10-11,28H,7,9,12H2,(H2,25,26). The number of hydrogen-bond acceptors (Lipinski definition) is 5. The van der Waals surface area contributed by atoms with E-state index in [4.69, 9.17) is 5.73 Å². The summed E-state index contributed by atoms with van der Waals surface area (Å²) in [5, 5.41) is 3.13. The molecular weight excluding hydrogens is 395 g/mol. The highest BCUT2D eigenvalue weighted by molar-refractivity contribution is 5.93. The highest BCUT2D eigenvalue weighted by Gasteiger charge is 2.32. The lowest BCUT2D eigenvalue weighted by Gasteiger charge is -2.30. The molecule has 3 aromatic rings. The number of halogens is 3. The Labute approximate surface area is 170 Å². The Morgan fingerprint density at radius 2 is 1.97 bits per heavy atom. The van der Waals surface area contributed by atoms with Gasteiger partial charge >= 0.3 is 6.18 Å². The lowest BCUT2D eigenvalue weighted by Crippen LogP contribution is -2.36. The Hall–Kier alpha value is -3.62. The minimum Gasteiger partial charge on any atom is -0.399 e. The van der Waals surface area contributed by atoms with Crippen LogP contribution in [0.1, 0.15) is 27.3 Å². The summed E-state index contributed by atoms with van der Waals surface area (Å²) in [6.07, 6.45) is -1.22. The number of pyridine rings is 2. The number of nitrogens with one attached hydrogen (secondary N) is 1. The Balaban J connectivity index is 1.52. The van der Waals surface area contributed by atoms with Crippen LogP contribution in [-0.4, -0.2) is 27.3 Å². The van der Waals surface area contributed by atoms with Crippen molar-refractivity contribution in [3.05, 3.63) is 77.4 Å². The van der Waals surface area contributed by atoms with Crippen LogP contribution in [0, 0.1) is 0 Å². The van der Waals surface area contributed by atoms with Crippen LogP contribution in [0.4, 0.5) is 30.2 Å². The van der Waals surface area contributed by atoms with Crippen molar-refractivity contribution in [2.24, 2.45) is 0 Å². The number of amides is 1. The predicted molar refractivity (Wildman–Crippen MR) is 106 cm³/mol. The van der Waals surface area contributed by atoms with E-state index < -0.39 is 11.9 Å². The van der Waals surface area contributed by atoms with Crippen LogP contribution in [0.15, 0.2) is 54.9 Å². The van der Waals surface area contributed by atoms with Gasteiger partial charge in [0.15, 0.2) is 0 Å². The first-order chi connectivity index (χ1) is 14.3. The normalized spacial score (nSPS) is 13.6. The van der Waals surface area contributed by atoms with Crippen LogP contribution >= 0.6 is 0 Å². The average molecular weight is 413 g/mol. The van der Waals surface area contributed by atoms with Crippen LogP contribution < -0.4 is 11.1 Å². The van der Waals surface area contributed by atoms with Gasteiger partial charge in [-0.3, -0.25) is 9.78 Å². The molecule has 3 heterocycles. The maximum atomic E-state index is 12.7. The second-order valence-corrected chi connectivity index (χ2v) is 6.95. The topological polar surface area (TPSA) is 84.1 Å². The molecule has 0 fully saturated rings. The van der Waals surface area contributed by atoms with Gasteiger partial charge < -0.3 is 16.0 Å². The van der Waals surface area contributed by atoms with E-state index in [-0.39, 0.29) is 5.91 Å². The molecule has 0 bridgehead atoms. The SMILES string of the molecule is Nc1ccnc(C(=O)N2CCc3c(cccc3Nc3ccc(C(F)(F)F)nc3)C2)c1. The Morgan fingerprint density at radius 1 is 1.13 bits per heavy atom. The van der Waals surface area contributed by atoms with E-state index in [2.05, 4.69) is 15.3 Å². The third-order valence-electron chi connectivity index (χ3n) is 4.89. The Kier molecular flexibility index (Phi) is 5.03. The average Bonchev–Trinajstić information content (AvgIpc) is 2.73. The molecule has 1 aromatic carbocycles. The van der Waals surface area contributed by atoms with Crippen molar-refractivity contribution in [2.75, 3.05) is 17.6 Å². The number of rotatable bonds is 3. The van der Waals surface area contributed by atoms with Crippen LogP contribution in [0.5, 0.6) is 0 Å². The number of fused-ring (bicyclic) bond motifs is 1. The summed E-state index contributed by atoms with van der Waals surface area (Å²) < 4.78 is 38.1. The van der Waals surface area contributed by atoms with Crippen molar-refractivity contribution in [1.29, 1.82) is 0 Å². The number of hydrogen-bond donors (Lipinski definition) is 2. The van der Waals surface area contributed by atoms with Crippen LogP contribution in [0.3, 0.4) is 0 Å². The molecule has 0 unspecified atom stereocenters. The maximum absolute atomic E-state index is 12.7. The monoisotopic (exact) mass is 413 g/mol. The van der Waals surface area contributed by atoms with Crippen molar-refractivity contribution < 1.29 is 18.0 Å². The molecular formula is C21H18F3N5O. The number of carbonyl (C=O) groups excluding carboxylic acids is 1. The Morgan fingerprint density at radius 3 is 2.67 bits per heavy atom. The molecule has 0 spiro atoms. The largest absolute Gasteiger partial charge is 0.433 e. The lowest BCUT2D eigenvalue weighted by molar-refractivity contribution is -0.141. The molecule has 0 saturated heterocycles. The quantitative estimate of drug-likeness (QED) is 0.678. The summed E-state index contributed by atoms with van der Waals surface area (Å²) in [7, 11) is 0. The summed E-state index contributed by atoms with van der Waals surface area (Å²) in [6.45, 7) is 0.900. The van der Waals surface area contributed by atoms with E-state index in [0.717, 1.165) is 29.1 Å². The number of anilines is 3. The van der Waals surface area contributed by atoms with Gasteiger partial charge in [-0.25, -0.2) is 4.98 Å². The predicted octanol–water partition coefficient (Wildman–Crippen LogP) is 4.02. The first-order valence-corrected chi connectivity index (χ1v) is 9.23. The van der Waals surface area contributed by atoms with Crippen LogP contribution in [-0.2, 0) is 19.1 Å². The molecule has 9 heteroatoms. The van der Waals surface area contributed by atoms with E-state index in [1.165, 1.54) is 12.3 Å². The number of alkyl halides is 3. The van der Waals surface area contributed by atoms with Gasteiger partial charge in [-0.2, -0.15) is 13.2 Å². The number of benzene rings is 1. The maximum Gasteiger partial charge on any atom is 0.433 e. The van der Waals surface area contributed by atoms with E-state index in [1.807, 2.05) is 18.2 Å². The van der Waals surface area contributed by atoms with Crippen molar-refractivity contribution >= 4 is 23.0 Å². The molecule has 0 saturated carbocycles. The number of nitrogens with two attached hydrogens (primary N) is 1. The number of nitrogen functional groups attached to an aromatic ring is 1. The smallest absolute Gasteiger partial charge is 0.399 e. The van der Waals surface area contributed by atoms with Crippen molar-refractivity contribution in [1.82, 2.24) is 14.9 Å². The minimum atomic E-state index is -4.47. The summed E-state index contributed by atoms with van der Waals surface area (Å²) in [6, 6.07) is 11.1. The molecule has 6 nitrogen and oxygen atoms in total. The molecule has 1 amide bonds. The first-order valence-electron chi connectivity index (χ1n) is 9.23. The molecule has 30 heavy (non-hydrogen) atoms. The lowest BCUT2D eigenvalue weighted by atomic mass is 9.97. The van der Waals surface area contributed by atoms with Crippen LogP contribution in [0.25, 0.3) is 0 Å². The highest BCUT2D eigenvalue weighted by atomic mass is 19.4. The zero-order valence-corrected chi connectivity index (χ0v) is 15.8. The molecule has 1 aliphatic rings. The molecule has 3 N–H and O–H groups in total.